The third-order valence-electron chi connectivity index (χ3n) is 4.94. The SMILES string of the molecule is COc1ccc(-c2n[nH]c(=S)n2CC(=O)Nc2ccc3c(c2)N(S(N)(=O)=O)CC3)cc1. The molecule has 0 atom stereocenters. The maximum atomic E-state index is 12.7. The van der Waals surface area contributed by atoms with Gasteiger partial charge in [0.25, 0.3) is 10.2 Å². The van der Waals surface area contributed by atoms with Gasteiger partial charge in [-0.25, -0.2) is 5.14 Å². The van der Waals surface area contributed by atoms with Crippen LogP contribution in [0.4, 0.5) is 11.4 Å². The number of fused-ring (bicyclic) bond motifs is 1. The van der Waals surface area contributed by atoms with Crippen molar-refractivity contribution < 1.29 is 17.9 Å². The molecule has 2 heterocycles. The van der Waals surface area contributed by atoms with E-state index in [1.165, 1.54) is 0 Å². The Kier molecular flexibility index (Phi) is 5.52. The number of nitrogens with two attached hydrogens (primary N) is 1. The van der Waals surface area contributed by atoms with Crippen molar-refractivity contribution in [3.8, 4) is 17.1 Å². The number of aromatic amines is 1. The van der Waals surface area contributed by atoms with Crippen LogP contribution in [0.25, 0.3) is 11.4 Å². The number of hydrogen-bond acceptors (Lipinski definition) is 6. The third kappa shape index (κ3) is 4.31. The van der Waals surface area contributed by atoms with Crippen molar-refractivity contribution in [2.45, 2.75) is 13.0 Å². The Labute approximate surface area is 183 Å². The van der Waals surface area contributed by atoms with Crippen LogP contribution in [0.3, 0.4) is 0 Å². The van der Waals surface area contributed by atoms with Gasteiger partial charge < -0.3 is 10.1 Å². The van der Waals surface area contributed by atoms with Crippen molar-refractivity contribution in [3.63, 3.8) is 0 Å². The molecule has 0 bridgehead atoms. The van der Waals surface area contributed by atoms with Crippen LogP contribution in [-0.4, -0.2) is 42.7 Å². The number of H-pyrrole nitrogens is 1. The average Bonchev–Trinajstić information content (AvgIpc) is 3.31. The zero-order valence-electron chi connectivity index (χ0n) is 16.5. The van der Waals surface area contributed by atoms with Crippen molar-refractivity contribution in [2.75, 3.05) is 23.3 Å². The topological polar surface area (TPSA) is 135 Å². The normalized spacial score (nSPS) is 13.2. The summed E-state index contributed by atoms with van der Waals surface area (Å²) in [5.41, 5.74) is 2.55. The summed E-state index contributed by atoms with van der Waals surface area (Å²) in [5.74, 6) is 0.872. The van der Waals surface area contributed by atoms with E-state index in [2.05, 4.69) is 15.5 Å². The predicted octanol–water partition coefficient (Wildman–Crippen LogP) is 1.82. The molecule has 3 aromatic rings. The molecule has 2 aromatic carbocycles. The number of hydrogen-bond donors (Lipinski definition) is 3. The van der Waals surface area contributed by atoms with Crippen molar-refractivity contribution >= 4 is 39.7 Å². The van der Waals surface area contributed by atoms with Crippen LogP contribution in [0, 0.1) is 4.77 Å². The summed E-state index contributed by atoms with van der Waals surface area (Å²) in [6.45, 7) is 0.202. The first-order chi connectivity index (χ1) is 14.8. The Hall–Kier alpha value is -3.22. The first-order valence-electron chi connectivity index (χ1n) is 9.29. The standard InChI is InChI=1S/C19H20N6O4S2/c1-29-15-6-3-13(4-7-15)18-22-23-19(30)24(18)11-17(26)21-14-5-2-12-8-9-25(16(12)10-14)31(20,27)28/h2-7,10H,8-9,11H2,1H3,(H,21,26)(H,23,30)(H2,20,27,28). The second-order valence-corrected chi connectivity index (χ2v) is 8.78. The van der Waals surface area contributed by atoms with E-state index in [0.29, 0.717) is 34.1 Å². The van der Waals surface area contributed by atoms with Gasteiger partial charge in [-0.2, -0.15) is 13.5 Å². The lowest BCUT2D eigenvalue weighted by Crippen LogP contribution is -2.35. The summed E-state index contributed by atoms with van der Waals surface area (Å²) < 4.78 is 31.7. The van der Waals surface area contributed by atoms with Gasteiger partial charge in [0.2, 0.25) is 5.91 Å². The van der Waals surface area contributed by atoms with Gasteiger partial charge in [0.15, 0.2) is 10.6 Å². The molecule has 0 fully saturated rings. The Morgan fingerprint density at radius 2 is 2.03 bits per heavy atom. The van der Waals surface area contributed by atoms with E-state index < -0.39 is 10.2 Å². The molecule has 0 radical (unpaired) electrons. The minimum absolute atomic E-state index is 0.0767. The summed E-state index contributed by atoms with van der Waals surface area (Å²) in [5, 5.41) is 15.0. The van der Waals surface area contributed by atoms with Crippen molar-refractivity contribution in [3.05, 3.63) is 52.8 Å². The van der Waals surface area contributed by atoms with Gasteiger partial charge in [-0.15, -0.1) is 0 Å². The molecule has 4 rings (SSSR count). The number of carbonyl (C=O) groups excluding carboxylic acids is 1. The summed E-state index contributed by atoms with van der Waals surface area (Å²) in [6, 6.07) is 12.3. The smallest absolute Gasteiger partial charge is 0.299 e. The monoisotopic (exact) mass is 460 g/mol. The van der Waals surface area contributed by atoms with Crippen molar-refractivity contribution in [1.29, 1.82) is 0 Å². The third-order valence-corrected chi connectivity index (χ3v) is 6.24. The molecule has 10 nitrogen and oxygen atoms in total. The minimum atomic E-state index is -3.87. The van der Waals surface area contributed by atoms with E-state index in [1.54, 1.807) is 42.0 Å². The van der Waals surface area contributed by atoms with Gasteiger partial charge in [-0.1, -0.05) is 6.07 Å². The van der Waals surface area contributed by atoms with E-state index in [9.17, 15) is 13.2 Å². The first kappa shape index (κ1) is 21.0. The van der Waals surface area contributed by atoms with Crippen LogP contribution < -0.4 is 19.5 Å². The number of carbonyl (C=O) groups is 1. The molecule has 4 N–H and O–H groups in total. The number of methoxy groups -OCH3 is 1. The minimum Gasteiger partial charge on any atom is -0.497 e. The fraction of sp³-hybridized carbons (Fsp3) is 0.211. The number of nitrogens with zero attached hydrogens (tertiary/aromatic N) is 3. The maximum absolute atomic E-state index is 12.7. The molecule has 0 unspecified atom stereocenters. The van der Waals surface area contributed by atoms with E-state index in [1.807, 2.05) is 12.1 Å². The van der Waals surface area contributed by atoms with Crippen LogP contribution in [0.15, 0.2) is 42.5 Å². The van der Waals surface area contributed by atoms with Gasteiger partial charge in [-0.3, -0.25) is 18.8 Å². The number of anilines is 2. The quantitative estimate of drug-likeness (QED) is 0.480. The summed E-state index contributed by atoms with van der Waals surface area (Å²) in [4.78, 5) is 12.7. The highest BCUT2D eigenvalue weighted by molar-refractivity contribution is 7.90. The second kappa shape index (κ2) is 8.13. The highest BCUT2D eigenvalue weighted by Crippen LogP contribution is 2.32. The maximum Gasteiger partial charge on any atom is 0.299 e. The van der Waals surface area contributed by atoms with Gasteiger partial charge in [0.1, 0.15) is 12.3 Å². The second-order valence-electron chi connectivity index (χ2n) is 6.93. The molecule has 0 spiro atoms. The molecule has 1 aliphatic heterocycles. The Balaban J connectivity index is 1.54. The van der Waals surface area contributed by atoms with E-state index in [0.717, 1.165) is 15.4 Å². The van der Waals surface area contributed by atoms with Crippen LogP contribution in [0.1, 0.15) is 5.56 Å². The average molecular weight is 461 g/mol. The summed E-state index contributed by atoms with van der Waals surface area (Å²) >= 11 is 5.28. The van der Waals surface area contributed by atoms with Gasteiger partial charge in [0, 0.05) is 17.8 Å². The van der Waals surface area contributed by atoms with Crippen LogP contribution in [0.2, 0.25) is 0 Å². The van der Waals surface area contributed by atoms with Crippen LogP contribution >= 0.6 is 12.2 Å². The number of aromatic nitrogens is 3. The van der Waals surface area contributed by atoms with E-state index in [4.69, 9.17) is 22.1 Å². The number of nitrogens with one attached hydrogen (secondary N) is 2. The summed E-state index contributed by atoms with van der Waals surface area (Å²) in [7, 11) is -2.29. The predicted molar refractivity (Wildman–Crippen MR) is 119 cm³/mol. The zero-order chi connectivity index (χ0) is 22.2. The molecular formula is C19H20N6O4S2. The Morgan fingerprint density at radius 3 is 2.71 bits per heavy atom. The number of amides is 1. The van der Waals surface area contributed by atoms with Crippen molar-refractivity contribution in [2.24, 2.45) is 5.14 Å². The summed E-state index contributed by atoms with van der Waals surface area (Å²) in [6.07, 6.45) is 0.565. The van der Waals surface area contributed by atoms with E-state index >= 15 is 0 Å². The highest BCUT2D eigenvalue weighted by Gasteiger charge is 2.27. The van der Waals surface area contributed by atoms with Crippen LogP contribution in [0.5, 0.6) is 5.75 Å². The van der Waals surface area contributed by atoms with Crippen LogP contribution in [-0.2, 0) is 28.0 Å². The molecule has 1 aromatic heterocycles. The molecule has 1 amide bonds. The lowest BCUT2D eigenvalue weighted by molar-refractivity contribution is -0.116. The fourth-order valence-corrected chi connectivity index (χ4v) is 4.45. The first-order valence-corrected chi connectivity index (χ1v) is 11.2. The number of rotatable bonds is 6. The van der Waals surface area contributed by atoms with Gasteiger partial charge in [0.05, 0.1) is 12.8 Å². The number of benzene rings is 2. The number of ether oxygens (including phenoxy) is 1. The molecule has 1 aliphatic rings. The lowest BCUT2D eigenvalue weighted by atomic mass is 10.1. The van der Waals surface area contributed by atoms with Gasteiger partial charge in [-0.05, 0) is 60.6 Å². The largest absolute Gasteiger partial charge is 0.497 e. The molecular weight excluding hydrogens is 440 g/mol. The highest BCUT2D eigenvalue weighted by atomic mass is 32.2. The Bertz CT molecular complexity index is 1300. The fourth-order valence-electron chi connectivity index (χ4n) is 3.46. The molecule has 0 saturated carbocycles. The molecule has 12 heteroatoms. The Morgan fingerprint density at radius 1 is 1.29 bits per heavy atom. The van der Waals surface area contributed by atoms with Crippen molar-refractivity contribution in [1.82, 2.24) is 14.8 Å². The molecule has 162 valence electrons. The lowest BCUT2D eigenvalue weighted by Gasteiger charge is -2.17. The van der Waals surface area contributed by atoms with E-state index in [-0.39, 0.29) is 19.0 Å². The molecule has 0 aliphatic carbocycles. The molecule has 0 saturated heterocycles. The van der Waals surface area contributed by atoms with Gasteiger partial charge >= 0.3 is 0 Å². The zero-order valence-corrected chi connectivity index (χ0v) is 18.2. The molecule has 31 heavy (non-hydrogen) atoms.